The van der Waals surface area contributed by atoms with Crippen molar-refractivity contribution in [2.24, 2.45) is 16.8 Å². The van der Waals surface area contributed by atoms with Crippen molar-refractivity contribution in [1.29, 1.82) is 0 Å². The van der Waals surface area contributed by atoms with E-state index in [2.05, 4.69) is 29.8 Å². The average Bonchev–Trinajstić information content (AvgIpc) is 2.80. The maximum atomic E-state index is 12.5. The van der Waals surface area contributed by atoms with Gasteiger partial charge in [-0.15, -0.1) is 18.3 Å². The van der Waals surface area contributed by atoms with Crippen molar-refractivity contribution in [2.75, 3.05) is 6.61 Å². The summed E-state index contributed by atoms with van der Waals surface area (Å²) >= 11 is 1.91. The number of carbonyl (C=O) groups excluding carboxylic acids is 1. The summed E-state index contributed by atoms with van der Waals surface area (Å²) in [6.07, 6.45) is 12.9. The van der Waals surface area contributed by atoms with Gasteiger partial charge in [0.15, 0.2) is 0 Å². The molecule has 3 aliphatic rings. The number of nitrogens with zero attached hydrogens (tertiary/aromatic N) is 1. The second-order valence-corrected chi connectivity index (χ2v) is 7.26. The molecule has 4 atom stereocenters. The molecule has 112 valence electrons. The Kier molecular flexibility index (Phi) is 4.07. The molecule has 0 aromatic carbocycles. The van der Waals surface area contributed by atoms with Crippen LogP contribution in [0.3, 0.4) is 0 Å². The number of ether oxygens (including phenoxy) is 1. The summed E-state index contributed by atoms with van der Waals surface area (Å²) in [5.74, 6) is 0.165. The van der Waals surface area contributed by atoms with Gasteiger partial charge >= 0.3 is 5.97 Å². The fraction of sp³-hybridized carbons (Fsp3) is 0.529. The highest BCUT2D eigenvalue weighted by atomic mass is 32.2. The molecule has 0 saturated carbocycles. The van der Waals surface area contributed by atoms with Crippen LogP contribution < -0.4 is 0 Å². The van der Waals surface area contributed by atoms with Crippen LogP contribution in [0.4, 0.5) is 0 Å². The van der Waals surface area contributed by atoms with Gasteiger partial charge in [-0.3, -0.25) is 9.79 Å². The zero-order valence-electron chi connectivity index (χ0n) is 12.3. The second kappa shape index (κ2) is 5.84. The Balaban J connectivity index is 1.98. The number of esters is 1. The lowest BCUT2D eigenvalue weighted by Gasteiger charge is -2.39. The van der Waals surface area contributed by atoms with Crippen molar-refractivity contribution in [1.82, 2.24) is 0 Å². The van der Waals surface area contributed by atoms with E-state index >= 15 is 0 Å². The van der Waals surface area contributed by atoms with Crippen LogP contribution in [0.15, 0.2) is 41.6 Å². The number of rotatable bonds is 4. The molecule has 1 spiro atoms. The van der Waals surface area contributed by atoms with Crippen LogP contribution in [0, 0.1) is 11.8 Å². The van der Waals surface area contributed by atoms with E-state index in [0.29, 0.717) is 6.61 Å². The van der Waals surface area contributed by atoms with Gasteiger partial charge in [0.2, 0.25) is 0 Å². The van der Waals surface area contributed by atoms with E-state index in [4.69, 9.17) is 4.74 Å². The van der Waals surface area contributed by atoms with Gasteiger partial charge in [0.05, 0.1) is 23.0 Å². The highest BCUT2D eigenvalue weighted by Crippen LogP contribution is 2.61. The van der Waals surface area contributed by atoms with Gasteiger partial charge in [0, 0.05) is 11.5 Å². The zero-order chi connectivity index (χ0) is 14.9. The molecule has 0 aromatic heterocycles. The first-order valence-electron chi connectivity index (χ1n) is 7.58. The summed E-state index contributed by atoms with van der Waals surface area (Å²) in [7, 11) is 0. The fourth-order valence-corrected chi connectivity index (χ4v) is 5.82. The zero-order valence-corrected chi connectivity index (χ0v) is 13.1. The van der Waals surface area contributed by atoms with Crippen molar-refractivity contribution >= 4 is 23.9 Å². The normalized spacial score (nSPS) is 36.6. The van der Waals surface area contributed by atoms with Crippen LogP contribution in [0.25, 0.3) is 0 Å². The smallest absolute Gasteiger partial charge is 0.310 e. The number of carbonyl (C=O) groups is 1. The number of allylic oxidation sites excluding steroid dienone is 4. The standard InChI is InChI=1S/C17H21NO2S/c1-3-7-13-15(16(19)20-4-2)12-9-11-18-14-8-5-6-10-17(12,14)21-13/h3,5-6,8,11-13,15H,1,4,7,9-10H2,2H3. The molecule has 1 saturated heterocycles. The summed E-state index contributed by atoms with van der Waals surface area (Å²) in [6, 6.07) is 0. The van der Waals surface area contributed by atoms with E-state index < -0.39 is 0 Å². The Hall–Kier alpha value is -1.29. The molecular formula is C17H21NO2S. The van der Waals surface area contributed by atoms with Gasteiger partial charge in [-0.25, -0.2) is 0 Å². The predicted octanol–water partition coefficient (Wildman–Crippen LogP) is 3.53. The van der Waals surface area contributed by atoms with E-state index in [1.807, 2.05) is 31.0 Å². The Morgan fingerprint density at radius 2 is 2.52 bits per heavy atom. The van der Waals surface area contributed by atoms with Gasteiger partial charge in [-0.05, 0) is 38.2 Å². The number of aliphatic imine (C=N–C) groups is 1. The Morgan fingerprint density at radius 3 is 3.29 bits per heavy atom. The SMILES string of the molecule is C=CCC1SC23CC=CC=C2N=CCC3C1C(=O)OCC. The van der Waals surface area contributed by atoms with Crippen molar-refractivity contribution in [2.45, 2.75) is 36.2 Å². The number of hydrogen-bond acceptors (Lipinski definition) is 4. The minimum atomic E-state index is -0.0606. The van der Waals surface area contributed by atoms with Gasteiger partial charge in [0.25, 0.3) is 0 Å². The maximum absolute atomic E-state index is 12.5. The molecular weight excluding hydrogens is 282 g/mol. The third kappa shape index (κ3) is 2.30. The largest absolute Gasteiger partial charge is 0.466 e. The summed E-state index contributed by atoms with van der Waals surface area (Å²) in [6.45, 7) is 6.17. The molecule has 2 heterocycles. The van der Waals surface area contributed by atoms with Crippen LogP contribution in [0.1, 0.15) is 26.2 Å². The maximum Gasteiger partial charge on any atom is 0.310 e. The first-order valence-corrected chi connectivity index (χ1v) is 8.46. The van der Waals surface area contributed by atoms with E-state index in [0.717, 1.165) is 25.0 Å². The predicted molar refractivity (Wildman–Crippen MR) is 87.5 cm³/mol. The highest BCUT2D eigenvalue weighted by Gasteiger charge is 2.58. The molecule has 1 aliphatic carbocycles. The van der Waals surface area contributed by atoms with Crippen LogP contribution in [-0.2, 0) is 9.53 Å². The first-order chi connectivity index (χ1) is 10.2. The third-order valence-corrected chi connectivity index (χ3v) is 6.47. The van der Waals surface area contributed by atoms with Crippen LogP contribution in [0.5, 0.6) is 0 Å². The molecule has 1 fully saturated rings. The van der Waals surface area contributed by atoms with Crippen molar-refractivity contribution in [3.8, 4) is 0 Å². The van der Waals surface area contributed by atoms with E-state index in [1.165, 1.54) is 0 Å². The Bertz CT molecular complexity index is 537. The van der Waals surface area contributed by atoms with Crippen molar-refractivity contribution < 1.29 is 9.53 Å². The average molecular weight is 303 g/mol. The number of hydrogen-bond donors (Lipinski definition) is 0. The van der Waals surface area contributed by atoms with Crippen LogP contribution >= 0.6 is 11.8 Å². The molecule has 0 amide bonds. The van der Waals surface area contributed by atoms with Gasteiger partial charge in [-0.1, -0.05) is 18.2 Å². The Labute approximate surface area is 130 Å². The molecule has 0 N–H and O–H groups in total. The van der Waals surface area contributed by atoms with E-state index in [-0.39, 0.29) is 27.8 Å². The van der Waals surface area contributed by atoms with Gasteiger partial charge in [-0.2, -0.15) is 0 Å². The van der Waals surface area contributed by atoms with E-state index in [1.54, 1.807) is 0 Å². The molecule has 0 bridgehead atoms. The summed E-state index contributed by atoms with van der Waals surface area (Å²) in [5, 5.41) is 0.239. The van der Waals surface area contributed by atoms with Crippen molar-refractivity contribution in [3.63, 3.8) is 0 Å². The lowest BCUT2D eigenvalue weighted by Crippen LogP contribution is -2.41. The highest BCUT2D eigenvalue weighted by molar-refractivity contribution is 8.01. The second-order valence-electron chi connectivity index (χ2n) is 5.69. The lowest BCUT2D eigenvalue weighted by atomic mass is 9.72. The summed E-state index contributed by atoms with van der Waals surface area (Å²) in [5.41, 5.74) is 1.12. The molecule has 2 aliphatic heterocycles. The minimum absolute atomic E-state index is 0.0470. The third-order valence-electron chi connectivity index (χ3n) is 4.59. The van der Waals surface area contributed by atoms with Gasteiger partial charge in [0.1, 0.15) is 0 Å². The molecule has 3 rings (SSSR count). The first kappa shape index (κ1) is 14.6. The van der Waals surface area contributed by atoms with Crippen LogP contribution in [-0.4, -0.2) is 28.8 Å². The van der Waals surface area contributed by atoms with E-state index in [9.17, 15) is 4.79 Å². The number of thioether (sulfide) groups is 1. The van der Waals surface area contributed by atoms with Crippen molar-refractivity contribution in [3.05, 3.63) is 36.6 Å². The monoisotopic (exact) mass is 303 g/mol. The quantitative estimate of drug-likeness (QED) is 0.589. The van der Waals surface area contributed by atoms with Crippen LogP contribution in [0.2, 0.25) is 0 Å². The lowest BCUT2D eigenvalue weighted by molar-refractivity contribution is -0.149. The summed E-state index contributed by atoms with van der Waals surface area (Å²) < 4.78 is 5.31. The summed E-state index contributed by atoms with van der Waals surface area (Å²) in [4.78, 5) is 17.1. The Morgan fingerprint density at radius 1 is 1.67 bits per heavy atom. The molecule has 0 aromatic rings. The topological polar surface area (TPSA) is 38.7 Å². The molecule has 4 unspecified atom stereocenters. The molecule has 4 heteroatoms. The fourth-order valence-electron chi connectivity index (χ4n) is 3.75. The molecule has 3 nitrogen and oxygen atoms in total. The molecule has 21 heavy (non-hydrogen) atoms. The van der Waals surface area contributed by atoms with Gasteiger partial charge < -0.3 is 4.74 Å². The molecule has 0 radical (unpaired) electrons. The minimum Gasteiger partial charge on any atom is -0.466 e.